The van der Waals surface area contributed by atoms with Gasteiger partial charge in [-0.25, -0.2) is 9.13 Å². The summed E-state index contributed by atoms with van der Waals surface area (Å²) in [5.41, 5.74) is 5.11. The molecule has 5 heterocycles. The van der Waals surface area contributed by atoms with Gasteiger partial charge in [0.05, 0.1) is 33.9 Å². The van der Waals surface area contributed by atoms with E-state index in [0.717, 1.165) is 33.5 Å². The van der Waals surface area contributed by atoms with E-state index in [2.05, 4.69) is 19.1 Å². The van der Waals surface area contributed by atoms with Crippen molar-refractivity contribution in [1.82, 2.24) is 19.1 Å². The first-order valence-electron chi connectivity index (χ1n) is 9.98. The molecule has 5 heteroatoms. The van der Waals surface area contributed by atoms with Crippen LogP contribution in [0.1, 0.15) is 9.81 Å². The van der Waals surface area contributed by atoms with Gasteiger partial charge in [-0.1, -0.05) is 18.2 Å². The molecular formula is C21H16N5+. The highest BCUT2D eigenvalue weighted by Crippen LogP contribution is 2.36. The molecule has 1 aromatic carbocycles. The second-order valence-electron chi connectivity index (χ2n) is 6.48. The van der Waals surface area contributed by atoms with Crippen LogP contribution in [0.25, 0.3) is 39.1 Å². The highest BCUT2D eigenvalue weighted by Gasteiger charge is 2.36. The van der Waals surface area contributed by atoms with E-state index in [9.17, 15) is 0 Å². The molecule has 1 aliphatic heterocycles. The number of fused-ring (bicyclic) bond motifs is 7. The lowest BCUT2D eigenvalue weighted by atomic mass is 10.2. The molecule has 4 aromatic heterocycles. The van der Waals surface area contributed by atoms with Crippen LogP contribution in [-0.2, 0) is 13.5 Å². The Bertz CT molecular complexity index is 1410. The van der Waals surface area contributed by atoms with Gasteiger partial charge in [-0.2, -0.15) is 0 Å². The van der Waals surface area contributed by atoms with Crippen LogP contribution in [0.3, 0.4) is 0 Å². The molecule has 26 heavy (non-hydrogen) atoms. The molecule has 0 spiro atoms. The van der Waals surface area contributed by atoms with Crippen molar-refractivity contribution in [3.63, 3.8) is 0 Å². The van der Waals surface area contributed by atoms with Crippen molar-refractivity contribution in [2.75, 3.05) is 0 Å². The first-order chi connectivity index (χ1) is 14.1. The summed E-state index contributed by atoms with van der Waals surface area (Å²) in [6.45, 7) is -1.81. The zero-order valence-corrected chi connectivity index (χ0v) is 13.8. The Balaban J connectivity index is 1.87. The minimum atomic E-state index is -2.34. The van der Waals surface area contributed by atoms with E-state index in [1.807, 2.05) is 48.5 Å². The lowest BCUT2D eigenvalue weighted by Crippen LogP contribution is -2.33. The SMILES string of the molecule is [2H]C([2H])([2H])n1c2[n+](c3c1c1ccncc1n3-c1ccccc1)Cc1ncccc1-2. The standard InChI is InChI=1S/C21H16N5/c1-24-19-16-9-11-22-12-18(16)26(14-6-3-2-4-7-14)21(19)25-13-17-15(20(24)25)8-5-10-23-17/h2-12H,13H2,1H3/q+1/i1D3. The van der Waals surface area contributed by atoms with E-state index < -0.39 is 6.98 Å². The summed E-state index contributed by atoms with van der Waals surface area (Å²) in [7, 11) is 0. The molecule has 0 amide bonds. The van der Waals surface area contributed by atoms with Gasteiger partial charge in [0.2, 0.25) is 5.82 Å². The largest absolute Gasteiger partial charge is 0.275 e. The first kappa shape index (κ1) is 11.2. The molecular weight excluding hydrogens is 322 g/mol. The molecule has 5 aromatic rings. The van der Waals surface area contributed by atoms with Crippen molar-refractivity contribution in [3.8, 4) is 17.1 Å². The molecule has 6 rings (SSSR count). The number of para-hydroxylation sites is 1. The molecule has 0 N–H and O–H groups in total. The van der Waals surface area contributed by atoms with Crippen LogP contribution in [0.4, 0.5) is 0 Å². The van der Waals surface area contributed by atoms with Crippen molar-refractivity contribution < 1.29 is 8.68 Å². The van der Waals surface area contributed by atoms with Crippen molar-refractivity contribution in [3.05, 3.63) is 72.8 Å². The van der Waals surface area contributed by atoms with E-state index in [4.69, 9.17) is 4.11 Å². The molecule has 0 saturated carbocycles. The normalized spacial score (nSPS) is 14.8. The smallest absolute Gasteiger partial charge is 0.261 e. The predicted octanol–water partition coefficient (Wildman–Crippen LogP) is 3.23. The predicted molar refractivity (Wildman–Crippen MR) is 100 cm³/mol. The van der Waals surface area contributed by atoms with Crippen LogP contribution in [0.2, 0.25) is 0 Å². The Morgan fingerprint density at radius 3 is 2.88 bits per heavy atom. The Labute approximate surface area is 154 Å². The molecule has 0 radical (unpaired) electrons. The van der Waals surface area contributed by atoms with Crippen molar-refractivity contribution in [2.24, 2.45) is 6.98 Å². The maximum Gasteiger partial charge on any atom is 0.275 e. The summed E-state index contributed by atoms with van der Waals surface area (Å²) in [4.78, 5) is 8.80. The molecule has 0 unspecified atom stereocenters. The molecule has 0 saturated heterocycles. The Kier molecular flexibility index (Phi) is 2.06. The monoisotopic (exact) mass is 341 g/mol. The third-order valence-electron chi connectivity index (χ3n) is 5.12. The van der Waals surface area contributed by atoms with E-state index in [1.165, 1.54) is 4.57 Å². The molecule has 124 valence electrons. The second-order valence-corrected chi connectivity index (χ2v) is 6.48. The van der Waals surface area contributed by atoms with Crippen molar-refractivity contribution in [1.29, 1.82) is 0 Å². The second kappa shape index (κ2) is 4.79. The summed E-state index contributed by atoms with van der Waals surface area (Å²) >= 11 is 0. The van der Waals surface area contributed by atoms with Crippen molar-refractivity contribution >= 4 is 22.1 Å². The number of rotatable bonds is 1. The van der Waals surface area contributed by atoms with Crippen molar-refractivity contribution in [2.45, 2.75) is 6.54 Å². The lowest BCUT2D eigenvalue weighted by Gasteiger charge is -2.02. The third kappa shape index (κ3) is 1.57. The number of nitrogens with zero attached hydrogens (tertiary/aromatic N) is 5. The number of hydrogen-bond donors (Lipinski definition) is 0. The molecule has 1 aliphatic rings. The van der Waals surface area contributed by atoms with Gasteiger partial charge in [-0.3, -0.25) is 14.5 Å². The fraction of sp³-hybridized carbons (Fsp3) is 0.0952. The minimum absolute atomic E-state index is 0.529. The first-order valence-corrected chi connectivity index (χ1v) is 8.48. The van der Waals surface area contributed by atoms with Crippen LogP contribution >= 0.6 is 0 Å². The molecule has 0 atom stereocenters. The quantitative estimate of drug-likeness (QED) is 0.431. The molecule has 0 fully saturated rings. The summed E-state index contributed by atoms with van der Waals surface area (Å²) in [6, 6.07) is 15.6. The summed E-state index contributed by atoms with van der Waals surface area (Å²) in [5, 5.41) is 0.863. The van der Waals surface area contributed by atoms with Crippen LogP contribution in [0.5, 0.6) is 0 Å². The summed E-state index contributed by atoms with van der Waals surface area (Å²) in [6.07, 6.45) is 5.25. The fourth-order valence-electron chi connectivity index (χ4n) is 4.07. The zero-order valence-electron chi connectivity index (χ0n) is 16.8. The minimum Gasteiger partial charge on any atom is -0.261 e. The molecule has 0 bridgehead atoms. The number of imidazole rings is 1. The van der Waals surface area contributed by atoms with E-state index >= 15 is 0 Å². The number of aromatic nitrogens is 5. The number of benzene rings is 1. The Morgan fingerprint density at radius 2 is 2.00 bits per heavy atom. The topological polar surface area (TPSA) is 39.5 Å². The van der Waals surface area contributed by atoms with Gasteiger partial charge in [0, 0.05) is 12.4 Å². The third-order valence-corrected chi connectivity index (χ3v) is 5.12. The van der Waals surface area contributed by atoms with Gasteiger partial charge in [0.15, 0.2) is 5.52 Å². The van der Waals surface area contributed by atoms with Gasteiger partial charge >= 0.3 is 0 Å². The van der Waals surface area contributed by atoms with Crippen LogP contribution < -0.4 is 4.57 Å². The Morgan fingerprint density at radius 1 is 1.08 bits per heavy atom. The number of aryl methyl sites for hydroxylation is 1. The number of pyridine rings is 2. The highest BCUT2D eigenvalue weighted by atomic mass is 15.3. The average molecular weight is 341 g/mol. The van der Waals surface area contributed by atoms with Gasteiger partial charge in [-0.15, -0.1) is 0 Å². The van der Waals surface area contributed by atoms with Crippen LogP contribution in [-0.4, -0.2) is 19.1 Å². The van der Waals surface area contributed by atoms with Gasteiger partial charge in [0.25, 0.3) is 5.65 Å². The van der Waals surface area contributed by atoms with Crippen LogP contribution in [0.15, 0.2) is 67.1 Å². The molecule has 5 nitrogen and oxygen atoms in total. The highest BCUT2D eigenvalue weighted by molar-refractivity contribution is 6.05. The van der Waals surface area contributed by atoms with Gasteiger partial charge < -0.3 is 0 Å². The maximum absolute atomic E-state index is 8.31. The lowest BCUT2D eigenvalue weighted by molar-refractivity contribution is -0.648. The van der Waals surface area contributed by atoms with Crippen LogP contribution in [0, 0.1) is 0 Å². The van der Waals surface area contributed by atoms with E-state index in [0.29, 0.717) is 17.9 Å². The van der Waals surface area contributed by atoms with Gasteiger partial charge in [-0.05, 0) is 30.3 Å². The Hall–Kier alpha value is -3.47. The maximum atomic E-state index is 8.31. The summed E-state index contributed by atoms with van der Waals surface area (Å²) in [5.74, 6) is 0.668. The van der Waals surface area contributed by atoms with Gasteiger partial charge in [0.1, 0.15) is 17.7 Å². The molecule has 0 aliphatic carbocycles. The fourth-order valence-corrected chi connectivity index (χ4v) is 4.07. The average Bonchev–Trinajstić information content (AvgIpc) is 3.34. The van der Waals surface area contributed by atoms with E-state index in [-0.39, 0.29) is 0 Å². The number of hydrogen-bond acceptors (Lipinski definition) is 2. The van der Waals surface area contributed by atoms with E-state index in [1.54, 1.807) is 18.6 Å². The zero-order chi connectivity index (χ0) is 19.8. The summed E-state index contributed by atoms with van der Waals surface area (Å²) < 4.78 is 30.6.